The van der Waals surface area contributed by atoms with Crippen molar-refractivity contribution in [1.82, 2.24) is 24.6 Å². The number of amidine groups is 1. The number of rotatable bonds is 5. The third-order valence-corrected chi connectivity index (χ3v) is 5.09. The van der Waals surface area contributed by atoms with E-state index in [1.165, 1.54) is 19.5 Å². The van der Waals surface area contributed by atoms with E-state index in [9.17, 15) is 4.79 Å². The van der Waals surface area contributed by atoms with E-state index in [2.05, 4.69) is 52.7 Å². The predicted molar refractivity (Wildman–Crippen MR) is 120 cm³/mol. The van der Waals surface area contributed by atoms with Crippen LogP contribution in [0.15, 0.2) is 36.2 Å². The van der Waals surface area contributed by atoms with Crippen molar-refractivity contribution in [3.8, 4) is 0 Å². The molecule has 0 spiro atoms. The van der Waals surface area contributed by atoms with Crippen LogP contribution in [0.3, 0.4) is 0 Å². The lowest BCUT2D eigenvalue weighted by molar-refractivity contribution is 0.187. The quantitative estimate of drug-likeness (QED) is 0.755. The number of aliphatic imine (C=N–C) groups is 1. The van der Waals surface area contributed by atoms with Crippen LogP contribution in [0.4, 0.5) is 10.5 Å². The van der Waals surface area contributed by atoms with Gasteiger partial charge in [-0.2, -0.15) is 0 Å². The molecule has 10 nitrogen and oxygen atoms in total. The van der Waals surface area contributed by atoms with Gasteiger partial charge in [-0.1, -0.05) is 13.5 Å². The smallest absolute Gasteiger partial charge is 0.411 e. The second-order valence-electron chi connectivity index (χ2n) is 7.34. The van der Waals surface area contributed by atoms with Crippen LogP contribution < -0.4 is 11.1 Å². The van der Waals surface area contributed by atoms with Gasteiger partial charge < -0.3 is 15.4 Å². The lowest BCUT2D eigenvalue weighted by atomic mass is 10.0. The summed E-state index contributed by atoms with van der Waals surface area (Å²) in [5.41, 5.74) is 8.24. The number of ether oxygens (including phenoxy) is 1. The number of aromatic nitrogens is 4. The van der Waals surface area contributed by atoms with Crippen LogP contribution in [0.2, 0.25) is 0 Å². The first-order chi connectivity index (χ1) is 14.8. The third-order valence-electron chi connectivity index (χ3n) is 5.09. The summed E-state index contributed by atoms with van der Waals surface area (Å²) in [6, 6.07) is 1.82. The number of aryl methyl sites for hydroxylation is 1. The minimum absolute atomic E-state index is 0.0263. The van der Waals surface area contributed by atoms with Gasteiger partial charge in [-0.3, -0.25) is 14.9 Å². The summed E-state index contributed by atoms with van der Waals surface area (Å²) in [6.45, 7) is 12.3. The maximum Gasteiger partial charge on any atom is 0.411 e. The highest BCUT2D eigenvalue weighted by Crippen LogP contribution is 2.36. The van der Waals surface area contributed by atoms with Crippen LogP contribution in [0, 0.1) is 6.92 Å². The number of nitrogens with zero attached hydrogens (tertiary/aromatic N) is 6. The molecule has 0 bridgehead atoms. The molecule has 0 fully saturated rings. The molecule has 3 N–H and O–H groups in total. The van der Waals surface area contributed by atoms with Crippen molar-refractivity contribution in [3.05, 3.63) is 48.5 Å². The van der Waals surface area contributed by atoms with E-state index < -0.39 is 6.09 Å². The Morgan fingerprint density at radius 2 is 2.19 bits per heavy atom. The number of hydrogen-bond acceptors (Lipinski definition) is 7. The largest absolute Gasteiger partial charge is 0.453 e. The lowest BCUT2D eigenvalue weighted by Gasteiger charge is -2.41. The van der Waals surface area contributed by atoms with Crippen molar-refractivity contribution in [1.29, 1.82) is 0 Å². The Morgan fingerprint density at radius 3 is 2.81 bits per heavy atom. The number of anilines is 1. The highest BCUT2D eigenvalue weighted by molar-refractivity contribution is 6.19. The molecule has 31 heavy (non-hydrogen) atoms. The molecule has 2 aromatic rings. The molecule has 1 amide bonds. The molecular weight excluding hydrogens is 396 g/mol. The minimum Gasteiger partial charge on any atom is -0.453 e. The highest BCUT2D eigenvalue weighted by atomic mass is 16.5. The van der Waals surface area contributed by atoms with Gasteiger partial charge in [0.1, 0.15) is 11.5 Å². The van der Waals surface area contributed by atoms with Gasteiger partial charge in [0.25, 0.3) is 0 Å². The zero-order chi connectivity index (χ0) is 22.7. The summed E-state index contributed by atoms with van der Waals surface area (Å²) < 4.78 is 6.63. The van der Waals surface area contributed by atoms with E-state index in [0.717, 1.165) is 18.1 Å². The minimum atomic E-state index is -0.602. The van der Waals surface area contributed by atoms with Crippen LogP contribution in [0.5, 0.6) is 0 Å². The van der Waals surface area contributed by atoms with Crippen molar-refractivity contribution in [2.24, 2.45) is 10.7 Å². The summed E-state index contributed by atoms with van der Waals surface area (Å²) in [4.78, 5) is 22.9. The Morgan fingerprint density at radius 1 is 1.45 bits per heavy atom. The average molecular weight is 425 g/mol. The Hall–Kier alpha value is -3.69. The fourth-order valence-electron chi connectivity index (χ4n) is 3.74. The Kier molecular flexibility index (Phi) is 6.38. The molecule has 3 rings (SSSR count). The number of carbonyl (C=O) groups excluding carboxylic acids is 1. The first-order valence-electron chi connectivity index (χ1n) is 10.0. The van der Waals surface area contributed by atoms with Gasteiger partial charge in [0.2, 0.25) is 0 Å². The van der Waals surface area contributed by atoms with Crippen molar-refractivity contribution in [2.45, 2.75) is 46.2 Å². The Labute approximate surface area is 181 Å². The van der Waals surface area contributed by atoms with E-state index in [-0.39, 0.29) is 12.1 Å². The molecular formula is C21H28N8O2. The number of hydrogen-bond donors (Lipinski definition) is 2. The monoisotopic (exact) mass is 424 g/mol. The predicted octanol–water partition coefficient (Wildman–Crippen LogP) is 3.16. The van der Waals surface area contributed by atoms with Gasteiger partial charge >= 0.3 is 6.09 Å². The number of methoxy groups -OCH3 is 1. The van der Waals surface area contributed by atoms with Crippen LogP contribution in [-0.4, -0.2) is 49.7 Å². The molecule has 0 aromatic carbocycles. The van der Waals surface area contributed by atoms with Gasteiger partial charge in [-0.15, -0.1) is 10.2 Å². The van der Waals surface area contributed by atoms with Crippen molar-refractivity contribution in [3.63, 3.8) is 0 Å². The first kappa shape index (κ1) is 22.0. The van der Waals surface area contributed by atoms with Gasteiger partial charge in [0.15, 0.2) is 11.7 Å². The Balaban J connectivity index is 2.15. The van der Waals surface area contributed by atoms with E-state index in [1.54, 1.807) is 12.3 Å². The van der Waals surface area contributed by atoms with E-state index in [4.69, 9.17) is 15.5 Å². The van der Waals surface area contributed by atoms with Crippen LogP contribution >= 0.6 is 0 Å². The van der Waals surface area contributed by atoms with Crippen molar-refractivity contribution >= 4 is 29.0 Å². The fourth-order valence-corrected chi connectivity index (χ4v) is 3.74. The topological polar surface area (TPSA) is 124 Å². The van der Waals surface area contributed by atoms with Gasteiger partial charge in [-0.25, -0.2) is 9.79 Å². The van der Waals surface area contributed by atoms with Crippen LogP contribution in [0.1, 0.15) is 50.4 Å². The molecule has 1 aliphatic rings. The number of nitrogens with two attached hydrogens (primary N) is 1. The fraction of sp³-hybridized carbons (Fsp3) is 0.381. The van der Waals surface area contributed by atoms with E-state index in [0.29, 0.717) is 28.5 Å². The molecule has 1 atom stereocenters. The summed E-state index contributed by atoms with van der Waals surface area (Å²) in [5.74, 6) is 2.21. The van der Waals surface area contributed by atoms with Gasteiger partial charge in [-0.05, 0) is 33.3 Å². The molecule has 1 aliphatic heterocycles. The van der Waals surface area contributed by atoms with E-state index >= 15 is 0 Å². The van der Waals surface area contributed by atoms with Crippen LogP contribution in [0.25, 0.3) is 11.4 Å². The zero-order valence-corrected chi connectivity index (χ0v) is 18.5. The molecule has 0 unspecified atom stereocenters. The maximum absolute atomic E-state index is 11.7. The maximum atomic E-state index is 11.7. The zero-order valence-electron chi connectivity index (χ0n) is 18.5. The summed E-state index contributed by atoms with van der Waals surface area (Å²) >= 11 is 0. The third kappa shape index (κ3) is 4.00. The number of amides is 1. The molecule has 164 valence electrons. The molecule has 0 saturated carbocycles. The molecule has 10 heteroatoms. The second-order valence-corrected chi connectivity index (χ2v) is 7.34. The molecule has 0 aliphatic carbocycles. The van der Waals surface area contributed by atoms with Gasteiger partial charge in [0.05, 0.1) is 30.7 Å². The molecule has 2 aromatic heterocycles. The standard InChI is InChI=1S/C21H28N8O2/c1-7-17-20-27-26-14(5)29(20)18(10-22)19(28(17)12(2)3)24-13(4)15-8-9-23-11-16(15)25-21(30)31-6/h8-12,17H,4,7,22H2,1-3,5-6H3,(H,25,30)/b18-10+,24-19?/t17-/m1/s1. The van der Waals surface area contributed by atoms with Crippen molar-refractivity contribution < 1.29 is 9.53 Å². The summed E-state index contributed by atoms with van der Waals surface area (Å²) in [6.07, 6.45) is 4.85. The SMILES string of the molecule is C=C(N=C1/C(=C\N)n2c(C)nnc2[C@@H](CC)N1C(C)C)c1ccncc1NC(=O)OC. The lowest BCUT2D eigenvalue weighted by Crippen LogP contribution is -2.46. The average Bonchev–Trinajstić information content (AvgIpc) is 3.14. The van der Waals surface area contributed by atoms with Gasteiger partial charge in [0, 0.05) is 24.0 Å². The number of pyridine rings is 1. The van der Waals surface area contributed by atoms with E-state index in [1.807, 2.05) is 11.5 Å². The van der Waals surface area contributed by atoms with Crippen molar-refractivity contribution in [2.75, 3.05) is 12.4 Å². The first-order valence-corrected chi connectivity index (χ1v) is 10.0. The number of carbonyl (C=O) groups is 1. The second kappa shape index (κ2) is 8.99. The molecule has 0 saturated heterocycles. The van der Waals surface area contributed by atoms with Crippen LogP contribution in [-0.2, 0) is 4.74 Å². The number of nitrogens with one attached hydrogen (secondary N) is 1. The Bertz CT molecular complexity index is 1050. The molecule has 3 heterocycles. The highest BCUT2D eigenvalue weighted by Gasteiger charge is 2.37. The summed E-state index contributed by atoms with van der Waals surface area (Å²) in [7, 11) is 1.30. The summed E-state index contributed by atoms with van der Waals surface area (Å²) in [5, 5.41) is 11.3. The normalized spacial score (nSPS) is 18.4. The molecule has 0 radical (unpaired) electrons. The number of fused-ring (bicyclic) bond motifs is 1.